The summed E-state index contributed by atoms with van der Waals surface area (Å²) in [6.07, 6.45) is 13.8. The second-order valence-corrected chi connectivity index (χ2v) is 15.2. The second-order valence-electron chi connectivity index (χ2n) is 13.6. The third kappa shape index (κ3) is 10.4. The molecule has 13 heteroatoms. The number of hydrogen-bond donors (Lipinski definition) is 1. The first-order valence-electron chi connectivity index (χ1n) is 18.8. The molecule has 2 heterocycles. The molecule has 2 aromatic carbocycles. The monoisotopic (exact) mass is 738 g/mol. The van der Waals surface area contributed by atoms with E-state index in [-0.39, 0.29) is 40.7 Å². The number of amidine groups is 1. The lowest BCUT2D eigenvalue weighted by Crippen LogP contribution is -2.57. The molecule has 1 saturated heterocycles. The van der Waals surface area contributed by atoms with Crippen LogP contribution in [0.4, 0.5) is 16.2 Å². The number of para-hydroxylation sites is 1. The molecular weight excluding hydrogens is 685 g/mol. The molecule has 0 radical (unpaired) electrons. The van der Waals surface area contributed by atoms with E-state index in [1.165, 1.54) is 81.9 Å². The number of anilines is 2. The van der Waals surface area contributed by atoms with Crippen LogP contribution >= 0.6 is 0 Å². The number of rotatable bonds is 21. The van der Waals surface area contributed by atoms with Gasteiger partial charge in [-0.25, -0.2) is 14.5 Å². The first kappa shape index (κ1) is 40.5. The first-order valence-corrected chi connectivity index (χ1v) is 20.2. The van der Waals surface area contributed by atoms with Gasteiger partial charge in [0.2, 0.25) is 0 Å². The van der Waals surface area contributed by atoms with Crippen LogP contribution in [-0.2, 0) is 29.1 Å². The maximum absolute atomic E-state index is 14.2. The Balaban J connectivity index is 1.43. The second kappa shape index (κ2) is 19.5. The Morgan fingerprint density at radius 2 is 1.50 bits per heavy atom. The molecule has 1 fully saturated rings. The Kier molecular flexibility index (Phi) is 15.2. The van der Waals surface area contributed by atoms with Gasteiger partial charge in [-0.2, -0.15) is 8.42 Å². The zero-order valence-corrected chi connectivity index (χ0v) is 31.8. The van der Waals surface area contributed by atoms with Crippen molar-refractivity contribution in [1.29, 1.82) is 0 Å². The van der Waals surface area contributed by atoms with E-state index in [9.17, 15) is 27.6 Å². The van der Waals surface area contributed by atoms with Gasteiger partial charge in [-0.15, -0.1) is 4.40 Å². The molecule has 0 bridgehead atoms. The third-order valence-electron chi connectivity index (χ3n) is 9.55. The molecule has 12 nitrogen and oxygen atoms in total. The van der Waals surface area contributed by atoms with E-state index in [1.54, 1.807) is 37.3 Å². The van der Waals surface area contributed by atoms with Gasteiger partial charge in [0, 0.05) is 12.7 Å². The topological polar surface area (TPSA) is 152 Å². The van der Waals surface area contributed by atoms with Crippen LogP contribution < -0.4 is 10.2 Å². The normalized spacial score (nSPS) is 17.0. The van der Waals surface area contributed by atoms with Crippen molar-refractivity contribution < 1.29 is 37.1 Å². The lowest BCUT2D eigenvalue weighted by molar-refractivity contribution is -0.133. The van der Waals surface area contributed by atoms with Gasteiger partial charge in [0.1, 0.15) is 4.90 Å². The van der Waals surface area contributed by atoms with E-state index >= 15 is 0 Å². The number of ether oxygens (including phenoxy) is 2. The number of amides is 3. The van der Waals surface area contributed by atoms with Crippen molar-refractivity contribution in [2.75, 3.05) is 23.9 Å². The number of imide groups is 1. The highest BCUT2D eigenvalue weighted by Crippen LogP contribution is 2.33. The number of carbonyl (C=O) groups is 4. The quantitative estimate of drug-likeness (QED) is 0.0994. The Morgan fingerprint density at radius 1 is 0.885 bits per heavy atom. The summed E-state index contributed by atoms with van der Waals surface area (Å²) < 4.78 is 41.4. The number of likely N-dealkylation sites (N-methyl/N-ethyl adjacent to an activating group) is 1. The molecule has 2 aromatic rings. The standard InChI is InChI=1S/C39H54N4O8S/c1-5-7-9-10-11-12-13-14-15-16-17-20-26-50-38(46)29-25-24-28(3)30(27-29)40-36(44)34(43-37(45)32(22-8-6-2)51-39(43)47)35-41-52(48,49)33-23-19-18-21-31(33)42(35)4/h18-19,21,23-25,27,32,34H,5-17,20,22,26H2,1-4H3,(H,40,44). The molecule has 52 heavy (non-hydrogen) atoms. The number of cyclic esters (lactones) is 1. The van der Waals surface area contributed by atoms with Gasteiger partial charge in [-0.3, -0.25) is 9.59 Å². The maximum Gasteiger partial charge on any atom is 0.418 e. The fraction of sp³-hybridized carbons (Fsp3) is 0.564. The van der Waals surface area contributed by atoms with Gasteiger partial charge in [0.15, 0.2) is 18.0 Å². The van der Waals surface area contributed by atoms with E-state index < -0.39 is 46.0 Å². The van der Waals surface area contributed by atoms with Crippen LogP contribution in [-0.4, -0.2) is 68.8 Å². The summed E-state index contributed by atoms with van der Waals surface area (Å²) in [7, 11) is -2.80. The van der Waals surface area contributed by atoms with Gasteiger partial charge in [0.25, 0.3) is 21.8 Å². The number of unbranched alkanes of at least 4 members (excludes halogenated alkanes) is 12. The molecule has 284 valence electrons. The molecule has 4 rings (SSSR count). The van der Waals surface area contributed by atoms with Crippen molar-refractivity contribution in [2.45, 2.75) is 134 Å². The van der Waals surface area contributed by atoms with Gasteiger partial charge in [-0.1, -0.05) is 109 Å². The highest BCUT2D eigenvalue weighted by Gasteiger charge is 2.51. The highest BCUT2D eigenvalue weighted by atomic mass is 32.2. The lowest BCUT2D eigenvalue weighted by Gasteiger charge is -2.33. The summed E-state index contributed by atoms with van der Waals surface area (Å²) in [6.45, 7) is 6.14. The minimum atomic E-state index is -4.30. The number of nitrogens with one attached hydrogen (secondary N) is 1. The predicted molar refractivity (Wildman–Crippen MR) is 201 cm³/mol. The number of carbonyl (C=O) groups excluding carboxylic acids is 4. The Morgan fingerprint density at radius 3 is 2.15 bits per heavy atom. The Labute approximate surface area is 308 Å². The summed E-state index contributed by atoms with van der Waals surface area (Å²) >= 11 is 0. The molecular formula is C39H54N4O8S. The van der Waals surface area contributed by atoms with Crippen molar-refractivity contribution in [3.63, 3.8) is 0 Å². The van der Waals surface area contributed by atoms with Gasteiger partial charge in [0.05, 0.1) is 17.9 Å². The SMILES string of the molecule is CCCCCCCCCCCCCCOC(=O)c1ccc(C)c(NC(=O)C(C2=NS(=O)(=O)c3ccccc3N2C)N2C(=O)OC(CCCC)C2=O)c1. The van der Waals surface area contributed by atoms with Gasteiger partial charge in [-0.05, 0) is 56.0 Å². The van der Waals surface area contributed by atoms with Gasteiger partial charge < -0.3 is 19.7 Å². The molecule has 0 spiro atoms. The number of fused-ring (bicyclic) bond motifs is 1. The molecule has 0 saturated carbocycles. The third-order valence-corrected chi connectivity index (χ3v) is 10.9. The summed E-state index contributed by atoms with van der Waals surface area (Å²) in [5, 5.41) is 2.72. The van der Waals surface area contributed by atoms with Crippen LogP contribution in [0.1, 0.15) is 126 Å². The van der Waals surface area contributed by atoms with Crippen LogP contribution in [0, 0.1) is 6.92 Å². The number of sulfonamides is 1. The number of esters is 1. The van der Waals surface area contributed by atoms with Crippen molar-refractivity contribution in [1.82, 2.24) is 4.90 Å². The smallest absolute Gasteiger partial charge is 0.418 e. The minimum absolute atomic E-state index is 0.0814. The average molecular weight is 739 g/mol. The number of nitrogens with zero attached hydrogens (tertiary/aromatic N) is 3. The molecule has 2 aliphatic heterocycles. The van der Waals surface area contributed by atoms with E-state index in [4.69, 9.17) is 9.47 Å². The van der Waals surface area contributed by atoms with Crippen molar-refractivity contribution >= 4 is 51.1 Å². The summed E-state index contributed by atoms with van der Waals surface area (Å²) in [5.41, 5.74) is 1.23. The maximum atomic E-state index is 14.2. The Bertz CT molecular complexity index is 1710. The molecule has 3 amide bonds. The van der Waals surface area contributed by atoms with E-state index in [0.29, 0.717) is 16.9 Å². The van der Waals surface area contributed by atoms with Crippen LogP contribution in [0.5, 0.6) is 0 Å². The summed E-state index contributed by atoms with van der Waals surface area (Å²) in [6, 6.07) is 9.00. The summed E-state index contributed by atoms with van der Waals surface area (Å²) in [5.74, 6) is -2.58. The van der Waals surface area contributed by atoms with Crippen LogP contribution in [0.2, 0.25) is 0 Å². The van der Waals surface area contributed by atoms with E-state index in [2.05, 4.69) is 16.6 Å². The van der Waals surface area contributed by atoms with Crippen LogP contribution in [0.3, 0.4) is 0 Å². The van der Waals surface area contributed by atoms with E-state index in [0.717, 1.165) is 25.7 Å². The largest absolute Gasteiger partial charge is 0.462 e. The number of aryl methyl sites for hydroxylation is 1. The van der Waals surface area contributed by atoms with Crippen molar-refractivity contribution in [3.05, 3.63) is 53.6 Å². The summed E-state index contributed by atoms with van der Waals surface area (Å²) in [4.78, 5) is 55.9. The zero-order valence-electron chi connectivity index (χ0n) is 31.0. The van der Waals surface area contributed by atoms with Crippen molar-refractivity contribution in [2.24, 2.45) is 4.40 Å². The lowest BCUT2D eigenvalue weighted by atomic mass is 10.1. The fourth-order valence-electron chi connectivity index (χ4n) is 6.45. The molecule has 0 aromatic heterocycles. The molecule has 2 unspecified atom stereocenters. The van der Waals surface area contributed by atoms with Crippen molar-refractivity contribution in [3.8, 4) is 0 Å². The molecule has 2 aliphatic rings. The van der Waals surface area contributed by atoms with Crippen LogP contribution in [0.25, 0.3) is 0 Å². The Hall–Kier alpha value is -4.26. The average Bonchev–Trinajstić information content (AvgIpc) is 3.40. The van der Waals surface area contributed by atoms with Crippen LogP contribution in [0.15, 0.2) is 51.8 Å². The first-order chi connectivity index (χ1) is 25.0. The van der Waals surface area contributed by atoms with E-state index in [1.807, 2.05) is 6.92 Å². The predicted octanol–water partition coefficient (Wildman–Crippen LogP) is 7.93. The van der Waals surface area contributed by atoms with Gasteiger partial charge >= 0.3 is 12.1 Å². The number of hydrogen-bond acceptors (Lipinski definition) is 9. The highest BCUT2D eigenvalue weighted by molar-refractivity contribution is 7.90. The number of benzene rings is 2. The molecule has 0 aliphatic carbocycles. The fourth-order valence-corrected chi connectivity index (χ4v) is 7.73. The molecule has 2 atom stereocenters. The zero-order chi connectivity index (χ0) is 37.7. The molecule has 1 N–H and O–H groups in total. The minimum Gasteiger partial charge on any atom is -0.462 e.